The molecule has 0 atom stereocenters. The third-order valence-electron chi connectivity index (χ3n) is 4.30. The number of nitrogens with zero attached hydrogens (tertiary/aromatic N) is 2. The minimum atomic E-state index is 1.06. The second-order valence-electron chi connectivity index (χ2n) is 6.00. The molecule has 2 aromatic heterocycles. The van der Waals surface area contributed by atoms with E-state index in [0.717, 1.165) is 26.6 Å². The van der Waals surface area contributed by atoms with Crippen molar-refractivity contribution in [1.29, 1.82) is 0 Å². The minimum absolute atomic E-state index is 1.06. The van der Waals surface area contributed by atoms with E-state index in [4.69, 9.17) is 9.97 Å². The maximum Gasteiger partial charge on any atom is 0.124 e. The van der Waals surface area contributed by atoms with E-state index in [2.05, 4.69) is 61.5 Å². The Kier molecular flexibility index (Phi) is 3.40. The third kappa shape index (κ3) is 2.54. The van der Waals surface area contributed by atoms with Gasteiger partial charge in [0.05, 0.1) is 20.4 Å². The zero-order valence-electron chi connectivity index (χ0n) is 13.6. The van der Waals surface area contributed by atoms with E-state index in [1.807, 2.05) is 12.1 Å². The number of thiazole rings is 2. The number of para-hydroxylation sites is 2. The van der Waals surface area contributed by atoms with Gasteiger partial charge in [0.15, 0.2) is 0 Å². The Morgan fingerprint density at radius 2 is 1.28 bits per heavy atom. The van der Waals surface area contributed by atoms with Gasteiger partial charge in [-0.3, -0.25) is 0 Å². The molecule has 25 heavy (non-hydrogen) atoms. The quantitative estimate of drug-likeness (QED) is 0.358. The van der Waals surface area contributed by atoms with Gasteiger partial charge in [0.2, 0.25) is 0 Å². The molecule has 0 saturated carbocycles. The van der Waals surface area contributed by atoms with Crippen LogP contribution in [0.25, 0.3) is 41.6 Å². The summed E-state index contributed by atoms with van der Waals surface area (Å²) in [5.74, 6) is 0. The highest BCUT2D eigenvalue weighted by atomic mass is 32.1. The van der Waals surface area contributed by atoms with Gasteiger partial charge in [-0.25, -0.2) is 9.97 Å². The van der Waals surface area contributed by atoms with Crippen LogP contribution in [0, 0.1) is 6.92 Å². The molecular formula is C21H14N2S2. The lowest BCUT2D eigenvalue weighted by molar-refractivity contribution is 1.40. The summed E-state index contributed by atoms with van der Waals surface area (Å²) >= 11 is 3.48. The van der Waals surface area contributed by atoms with Crippen LogP contribution >= 0.6 is 22.7 Å². The van der Waals surface area contributed by atoms with Gasteiger partial charge in [-0.1, -0.05) is 36.4 Å². The van der Waals surface area contributed by atoms with Gasteiger partial charge in [0, 0.05) is 11.1 Å². The minimum Gasteiger partial charge on any atom is -0.236 e. The SMILES string of the molecule is Cc1ccc(-c2nc3ccccc3s2)cc1-c1nc2ccccc2s1. The number of aromatic nitrogens is 2. The van der Waals surface area contributed by atoms with E-state index in [1.165, 1.54) is 20.5 Å². The molecule has 120 valence electrons. The summed E-state index contributed by atoms with van der Waals surface area (Å²) in [6.07, 6.45) is 0. The first kappa shape index (κ1) is 14.8. The van der Waals surface area contributed by atoms with Crippen molar-refractivity contribution >= 4 is 43.1 Å². The highest BCUT2D eigenvalue weighted by Crippen LogP contribution is 2.36. The number of fused-ring (bicyclic) bond motifs is 2. The molecule has 2 nitrogen and oxygen atoms in total. The molecule has 5 aromatic rings. The summed E-state index contributed by atoms with van der Waals surface area (Å²) < 4.78 is 2.45. The predicted molar refractivity (Wildman–Crippen MR) is 108 cm³/mol. The molecule has 0 unspecified atom stereocenters. The third-order valence-corrected chi connectivity index (χ3v) is 6.46. The zero-order valence-corrected chi connectivity index (χ0v) is 15.2. The largest absolute Gasteiger partial charge is 0.236 e. The second-order valence-corrected chi connectivity index (χ2v) is 8.06. The summed E-state index contributed by atoms with van der Waals surface area (Å²) in [6, 6.07) is 23.1. The normalized spacial score (nSPS) is 11.4. The van der Waals surface area contributed by atoms with Crippen LogP contribution in [0.4, 0.5) is 0 Å². The Morgan fingerprint density at radius 3 is 1.96 bits per heavy atom. The van der Waals surface area contributed by atoms with Gasteiger partial charge in [0.1, 0.15) is 10.0 Å². The van der Waals surface area contributed by atoms with Crippen LogP contribution in [0.5, 0.6) is 0 Å². The van der Waals surface area contributed by atoms with E-state index < -0.39 is 0 Å². The molecule has 0 amide bonds. The molecule has 5 rings (SSSR count). The molecule has 0 fully saturated rings. The molecular weight excluding hydrogens is 344 g/mol. The first-order valence-corrected chi connectivity index (χ1v) is 9.74. The fourth-order valence-corrected chi connectivity index (χ4v) is 4.98. The topological polar surface area (TPSA) is 25.8 Å². The smallest absolute Gasteiger partial charge is 0.124 e. The van der Waals surface area contributed by atoms with Crippen LogP contribution in [-0.4, -0.2) is 9.97 Å². The lowest BCUT2D eigenvalue weighted by Gasteiger charge is -2.04. The summed E-state index contributed by atoms with van der Waals surface area (Å²) in [6.45, 7) is 2.14. The molecule has 0 spiro atoms. The van der Waals surface area contributed by atoms with E-state index in [0.29, 0.717) is 0 Å². The monoisotopic (exact) mass is 358 g/mol. The maximum absolute atomic E-state index is 4.82. The Morgan fingerprint density at radius 1 is 0.680 bits per heavy atom. The van der Waals surface area contributed by atoms with E-state index in [-0.39, 0.29) is 0 Å². The summed E-state index contributed by atoms with van der Waals surface area (Å²) in [4.78, 5) is 9.61. The molecule has 0 saturated heterocycles. The average Bonchev–Trinajstić information content (AvgIpc) is 3.26. The average molecular weight is 358 g/mol. The highest BCUT2D eigenvalue weighted by molar-refractivity contribution is 7.22. The molecule has 0 N–H and O–H groups in total. The molecule has 0 aliphatic rings. The van der Waals surface area contributed by atoms with Gasteiger partial charge < -0.3 is 0 Å². The van der Waals surface area contributed by atoms with Crippen LogP contribution in [0.15, 0.2) is 66.7 Å². The van der Waals surface area contributed by atoms with Crippen molar-refractivity contribution in [3.8, 4) is 21.1 Å². The van der Waals surface area contributed by atoms with Crippen molar-refractivity contribution in [2.45, 2.75) is 6.92 Å². The molecule has 0 bridgehead atoms. The molecule has 4 heteroatoms. The molecule has 0 aliphatic carbocycles. The van der Waals surface area contributed by atoms with Gasteiger partial charge in [0.25, 0.3) is 0 Å². The van der Waals surface area contributed by atoms with Crippen molar-refractivity contribution in [1.82, 2.24) is 9.97 Å². The Bertz CT molecular complexity index is 1150. The van der Waals surface area contributed by atoms with Gasteiger partial charge in [-0.05, 0) is 42.8 Å². The summed E-state index contributed by atoms with van der Waals surface area (Å²) in [5.41, 5.74) is 5.71. The van der Waals surface area contributed by atoms with E-state index in [9.17, 15) is 0 Å². The standard InChI is InChI=1S/C21H14N2S2/c1-13-10-11-14(20-22-16-6-2-4-8-18(16)24-20)12-15(13)21-23-17-7-3-5-9-19(17)25-21/h2-12H,1H3. The van der Waals surface area contributed by atoms with Gasteiger partial charge in [-0.2, -0.15) is 0 Å². The van der Waals surface area contributed by atoms with Crippen molar-refractivity contribution in [3.05, 3.63) is 72.3 Å². The van der Waals surface area contributed by atoms with E-state index in [1.54, 1.807) is 22.7 Å². The Hall–Kier alpha value is -2.56. The molecule has 2 heterocycles. The predicted octanol–water partition coefficient (Wildman–Crippen LogP) is 6.55. The molecule has 3 aromatic carbocycles. The number of aryl methyl sites for hydroxylation is 1. The van der Waals surface area contributed by atoms with Crippen LogP contribution in [0.3, 0.4) is 0 Å². The number of hydrogen-bond acceptors (Lipinski definition) is 4. The van der Waals surface area contributed by atoms with Crippen molar-refractivity contribution in [2.24, 2.45) is 0 Å². The first-order chi connectivity index (χ1) is 12.3. The molecule has 0 aliphatic heterocycles. The number of hydrogen-bond donors (Lipinski definition) is 0. The second kappa shape index (κ2) is 5.76. The van der Waals surface area contributed by atoms with Crippen LogP contribution in [0.1, 0.15) is 5.56 Å². The van der Waals surface area contributed by atoms with Crippen LogP contribution in [-0.2, 0) is 0 Å². The fourth-order valence-electron chi connectivity index (χ4n) is 2.97. The lowest BCUT2D eigenvalue weighted by Crippen LogP contribution is -1.85. The van der Waals surface area contributed by atoms with Gasteiger partial charge >= 0.3 is 0 Å². The number of benzene rings is 3. The first-order valence-electron chi connectivity index (χ1n) is 8.10. The van der Waals surface area contributed by atoms with Gasteiger partial charge in [-0.15, -0.1) is 22.7 Å². The Balaban J connectivity index is 1.66. The highest BCUT2D eigenvalue weighted by Gasteiger charge is 2.12. The van der Waals surface area contributed by atoms with Crippen LogP contribution in [0.2, 0.25) is 0 Å². The van der Waals surface area contributed by atoms with Crippen molar-refractivity contribution in [2.75, 3.05) is 0 Å². The number of rotatable bonds is 2. The zero-order chi connectivity index (χ0) is 16.8. The lowest BCUT2D eigenvalue weighted by atomic mass is 10.1. The Labute approximate surface area is 153 Å². The fraction of sp³-hybridized carbons (Fsp3) is 0.0476. The van der Waals surface area contributed by atoms with Crippen LogP contribution < -0.4 is 0 Å². The summed E-state index contributed by atoms with van der Waals surface area (Å²) in [7, 11) is 0. The maximum atomic E-state index is 4.82. The van der Waals surface area contributed by atoms with Crippen molar-refractivity contribution < 1.29 is 0 Å². The summed E-state index contributed by atoms with van der Waals surface area (Å²) in [5, 5.41) is 2.13. The van der Waals surface area contributed by atoms with E-state index >= 15 is 0 Å². The van der Waals surface area contributed by atoms with Crippen molar-refractivity contribution in [3.63, 3.8) is 0 Å². The molecule has 0 radical (unpaired) electrons.